The number of hydrogen-bond acceptors (Lipinski definition) is 5. The van der Waals surface area contributed by atoms with E-state index in [0.717, 1.165) is 43.7 Å². The Morgan fingerprint density at radius 3 is 2.16 bits per heavy atom. The summed E-state index contributed by atoms with van der Waals surface area (Å²) in [5, 5.41) is 7.10. The summed E-state index contributed by atoms with van der Waals surface area (Å²) in [5.74, 6) is 3.39. The van der Waals surface area contributed by atoms with Crippen LogP contribution < -0.4 is 20.4 Å². The number of piperidine rings is 1. The number of anilines is 3. The van der Waals surface area contributed by atoms with Gasteiger partial charge in [-0.2, -0.15) is 9.97 Å². The van der Waals surface area contributed by atoms with Crippen LogP contribution in [-0.2, 0) is 6.54 Å². The van der Waals surface area contributed by atoms with Crippen molar-refractivity contribution in [2.75, 3.05) is 41.3 Å². The van der Waals surface area contributed by atoms with Gasteiger partial charge in [-0.3, -0.25) is 0 Å². The molecule has 2 saturated heterocycles. The summed E-state index contributed by atoms with van der Waals surface area (Å²) in [6.07, 6.45) is 7.47. The van der Waals surface area contributed by atoms with Gasteiger partial charge in [-0.05, 0) is 56.3 Å². The zero-order chi connectivity index (χ0) is 22.3. The molecule has 0 radical (unpaired) electrons. The average Bonchev–Trinajstić information content (AvgIpc) is 3.09. The maximum absolute atomic E-state index is 5.57. The Morgan fingerprint density at radius 2 is 1.53 bits per heavy atom. The third-order valence-corrected chi connectivity index (χ3v) is 6.78. The molecule has 0 saturated carbocycles. The zero-order valence-corrected chi connectivity index (χ0v) is 20.3. The van der Waals surface area contributed by atoms with Crippen molar-refractivity contribution in [3.05, 3.63) is 41.5 Å². The van der Waals surface area contributed by atoms with Crippen LogP contribution in [0.3, 0.4) is 0 Å². The van der Waals surface area contributed by atoms with E-state index in [1.807, 2.05) is 0 Å². The van der Waals surface area contributed by atoms with Crippen LogP contribution in [-0.4, -0.2) is 41.3 Å². The van der Waals surface area contributed by atoms with Crippen molar-refractivity contribution in [2.24, 2.45) is 5.92 Å². The highest BCUT2D eigenvalue weighted by atomic mass is 32.1. The highest BCUT2D eigenvalue weighted by Crippen LogP contribution is 2.27. The molecule has 1 aromatic carbocycles. The van der Waals surface area contributed by atoms with Gasteiger partial charge in [0.05, 0.1) is 0 Å². The number of aromatic nitrogens is 2. The van der Waals surface area contributed by atoms with Crippen LogP contribution in [0, 0.1) is 12.8 Å². The van der Waals surface area contributed by atoms with Crippen molar-refractivity contribution in [1.29, 1.82) is 0 Å². The van der Waals surface area contributed by atoms with Crippen LogP contribution in [0.4, 0.5) is 17.6 Å². The van der Waals surface area contributed by atoms with Gasteiger partial charge in [0.2, 0.25) is 5.95 Å². The first-order valence-corrected chi connectivity index (χ1v) is 12.5. The maximum Gasteiger partial charge on any atom is 0.232 e. The van der Waals surface area contributed by atoms with Gasteiger partial charge < -0.3 is 20.4 Å². The van der Waals surface area contributed by atoms with Gasteiger partial charge in [0.25, 0.3) is 0 Å². The van der Waals surface area contributed by atoms with E-state index >= 15 is 0 Å². The van der Waals surface area contributed by atoms with E-state index in [0.29, 0.717) is 17.6 Å². The van der Waals surface area contributed by atoms with Gasteiger partial charge in [0, 0.05) is 38.8 Å². The first-order chi connectivity index (χ1) is 15.6. The summed E-state index contributed by atoms with van der Waals surface area (Å²) in [6.45, 7) is 9.32. The predicted molar refractivity (Wildman–Crippen MR) is 138 cm³/mol. The molecule has 3 heterocycles. The summed E-state index contributed by atoms with van der Waals surface area (Å²) < 4.78 is 0. The van der Waals surface area contributed by atoms with Crippen molar-refractivity contribution in [3.63, 3.8) is 0 Å². The molecule has 0 bridgehead atoms. The largest absolute Gasteiger partial charge is 0.358 e. The quantitative estimate of drug-likeness (QED) is 0.627. The fourth-order valence-electron chi connectivity index (χ4n) is 4.37. The standard InChI is InChI=1S/C25H36N6S/c1-19-7-9-21(10-8-19)18-26-25(32)29-24-27-22(30-13-5-3-4-6-14-30)17-23(28-24)31-15-11-20(2)12-16-31/h7-10,17,20H,3-6,11-16,18H2,1-2H3,(H2,26,27,28,29,32). The lowest BCUT2D eigenvalue weighted by atomic mass is 9.99. The Morgan fingerprint density at radius 1 is 0.938 bits per heavy atom. The molecule has 0 unspecified atom stereocenters. The molecule has 2 aliphatic rings. The number of rotatable bonds is 5. The van der Waals surface area contributed by atoms with E-state index in [1.54, 1.807) is 0 Å². The number of nitrogens with zero attached hydrogens (tertiary/aromatic N) is 4. The molecule has 32 heavy (non-hydrogen) atoms. The fourth-order valence-corrected chi connectivity index (χ4v) is 4.54. The van der Waals surface area contributed by atoms with Crippen molar-refractivity contribution in [3.8, 4) is 0 Å². The van der Waals surface area contributed by atoms with E-state index in [4.69, 9.17) is 22.2 Å². The van der Waals surface area contributed by atoms with Crippen molar-refractivity contribution in [1.82, 2.24) is 15.3 Å². The minimum atomic E-state index is 0.553. The monoisotopic (exact) mass is 452 g/mol. The summed E-state index contributed by atoms with van der Waals surface area (Å²) >= 11 is 5.57. The first kappa shape index (κ1) is 22.8. The van der Waals surface area contributed by atoms with E-state index in [2.05, 4.69) is 64.6 Å². The third kappa shape index (κ3) is 6.31. The molecule has 0 atom stereocenters. The molecule has 0 aliphatic carbocycles. The zero-order valence-electron chi connectivity index (χ0n) is 19.4. The van der Waals surface area contributed by atoms with Gasteiger partial charge in [0.15, 0.2) is 5.11 Å². The normalized spacial score (nSPS) is 17.7. The second-order valence-corrected chi connectivity index (χ2v) is 9.68. The lowest BCUT2D eigenvalue weighted by molar-refractivity contribution is 0.436. The van der Waals surface area contributed by atoms with E-state index in [1.165, 1.54) is 49.7 Å². The Kier molecular flexibility index (Phi) is 7.79. The molecule has 0 spiro atoms. The molecule has 1 aromatic heterocycles. The van der Waals surface area contributed by atoms with E-state index < -0.39 is 0 Å². The molecule has 2 fully saturated rings. The highest BCUT2D eigenvalue weighted by molar-refractivity contribution is 7.80. The molecule has 7 heteroatoms. The Bertz CT molecular complexity index is 884. The molecule has 2 N–H and O–H groups in total. The van der Waals surface area contributed by atoms with Crippen molar-refractivity contribution < 1.29 is 0 Å². The number of nitrogens with one attached hydrogen (secondary N) is 2. The molecule has 6 nitrogen and oxygen atoms in total. The summed E-state index contributed by atoms with van der Waals surface area (Å²) in [5.41, 5.74) is 2.45. The first-order valence-electron chi connectivity index (χ1n) is 12.1. The van der Waals surface area contributed by atoms with E-state index in [9.17, 15) is 0 Å². The van der Waals surface area contributed by atoms with Crippen molar-refractivity contribution in [2.45, 2.75) is 58.9 Å². The van der Waals surface area contributed by atoms with Crippen LogP contribution in [0.25, 0.3) is 0 Å². The minimum absolute atomic E-state index is 0.553. The van der Waals surface area contributed by atoms with Crippen LogP contribution in [0.2, 0.25) is 0 Å². The number of hydrogen-bond donors (Lipinski definition) is 2. The lowest BCUT2D eigenvalue weighted by Gasteiger charge is -2.32. The molecule has 172 valence electrons. The van der Waals surface area contributed by atoms with Gasteiger partial charge >= 0.3 is 0 Å². The van der Waals surface area contributed by atoms with Gasteiger partial charge in [-0.15, -0.1) is 0 Å². The minimum Gasteiger partial charge on any atom is -0.358 e. The highest BCUT2D eigenvalue weighted by Gasteiger charge is 2.21. The Hall–Kier alpha value is -2.41. The predicted octanol–water partition coefficient (Wildman–Crippen LogP) is 4.89. The summed E-state index contributed by atoms with van der Waals surface area (Å²) in [7, 11) is 0. The average molecular weight is 453 g/mol. The second kappa shape index (κ2) is 10.9. The molecule has 4 rings (SSSR count). The second-order valence-electron chi connectivity index (χ2n) is 9.27. The molecule has 0 amide bonds. The SMILES string of the molecule is Cc1ccc(CNC(=S)Nc2nc(N3CCCCCC3)cc(N3CCC(C)CC3)n2)cc1. The van der Waals surface area contributed by atoms with Crippen LogP contribution in [0.5, 0.6) is 0 Å². The lowest BCUT2D eigenvalue weighted by Crippen LogP contribution is -2.35. The molecule has 2 aromatic rings. The molecular formula is C25H36N6S. The van der Waals surface area contributed by atoms with Gasteiger partial charge in [-0.1, -0.05) is 49.6 Å². The summed E-state index contributed by atoms with van der Waals surface area (Å²) in [6, 6.07) is 10.7. The summed E-state index contributed by atoms with van der Waals surface area (Å²) in [4.78, 5) is 14.5. The number of thiocarbonyl (C=S) groups is 1. The topological polar surface area (TPSA) is 56.3 Å². The molecular weight excluding hydrogens is 416 g/mol. The van der Waals surface area contributed by atoms with Crippen LogP contribution in [0.1, 0.15) is 56.6 Å². The third-order valence-electron chi connectivity index (χ3n) is 6.54. The Balaban J connectivity index is 1.48. The molecule has 2 aliphatic heterocycles. The van der Waals surface area contributed by atoms with Crippen LogP contribution in [0.15, 0.2) is 30.3 Å². The maximum atomic E-state index is 5.57. The van der Waals surface area contributed by atoms with Crippen molar-refractivity contribution >= 4 is 34.9 Å². The van der Waals surface area contributed by atoms with E-state index in [-0.39, 0.29) is 0 Å². The van der Waals surface area contributed by atoms with Gasteiger partial charge in [-0.25, -0.2) is 0 Å². The Labute approximate surface area is 197 Å². The van der Waals surface area contributed by atoms with Crippen LogP contribution >= 0.6 is 12.2 Å². The number of aryl methyl sites for hydroxylation is 1. The van der Waals surface area contributed by atoms with Gasteiger partial charge in [0.1, 0.15) is 11.6 Å². The smallest absolute Gasteiger partial charge is 0.232 e. The fraction of sp³-hybridized carbons (Fsp3) is 0.560. The number of benzene rings is 1.